The van der Waals surface area contributed by atoms with E-state index < -0.39 is 11.7 Å². The molecule has 8 heteroatoms. The number of ketones is 1. The van der Waals surface area contributed by atoms with Crippen LogP contribution in [0.1, 0.15) is 6.92 Å². The van der Waals surface area contributed by atoms with Gasteiger partial charge in [0.2, 0.25) is 0 Å². The zero-order valence-corrected chi connectivity index (χ0v) is 13.4. The van der Waals surface area contributed by atoms with E-state index in [1.807, 2.05) is 6.07 Å². The topological polar surface area (TPSA) is 95.4 Å². The van der Waals surface area contributed by atoms with Gasteiger partial charge in [-0.15, -0.1) is 10.2 Å². The van der Waals surface area contributed by atoms with Crippen LogP contribution >= 0.6 is 11.8 Å². The Morgan fingerprint density at radius 2 is 2.17 bits per heavy atom. The second-order valence-corrected chi connectivity index (χ2v) is 5.79. The van der Waals surface area contributed by atoms with Gasteiger partial charge < -0.3 is 9.98 Å². The number of halogens is 1. The van der Waals surface area contributed by atoms with Crippen LogP contribution in [0.4, 0.5) is 4.39 Å². The van der Waals surface area contributed by atoms with Crippen LogP contribution < -0.4 is 0 Å². The van der Waals surface area contributed by atoms with Gasteiger partial charge in [0.05, 0.1) is 17.4 Å². The van der Waals surface area contributed by atoms with Crippen LogP contribution in [0, 0.1) is 28.5 Å². The summed E-state index contributed by atoms with van der Waals surface area (Å²) >= 11 is 1.11. The van der Waals surface area contributed by atoms with Crippen molar-refractivity contribution >= 4 is 23.3 Å². The van der Waals surface area contributed by atoms with Crippen molar-refractivity contribution in [3.8, 4) is 17.5 Å². The first kappa shape index (κ1) is 16.8. The third-order valence-corrected chi connectivity index (χ3v) is 4.22. The molecule has 0 saturated carbocycles. The number of nitrogens with one attached hydrogen (secondary N) is 1. The molecule has 1 heterocycles. The van der Waals surface area contributed by atoms with E-state index in [-0.39, 0.29) is 17.2 Å². The monoisotopic (exact) mass is 331 g/mol. The Hall–Kier alpha value is -2.53. The molecule has 1 aromatic heterocycles. The molecule has 0 radical (unpaired) electrons. The van der Waals surface area contributed by atoms with E-state index in [0.717, 1.165) is 11.8 Å². The van der Waals surface area contributed by atoms with E-state index in [4.69, 9.17) is 10.7 Å². The maximum Gasteiger partial charge on any atom is 0.191 e. The zero-order chi connectivity index (χ0) is 17.0. The lowest BCUT2D eigenvalue weighted by molar-refractivity contribution is -0.117. The maximum atomic E-state index is 13.8. The number of hydrogen-bond acceptors (Lipinski definition) is 6. The number of thioether (sulfide) groups is 1. The van der Waals surface area contributed by atoms with Gasteiger partial charge in [0.15, 0.2) is 16.8 Å². The molecule has 0 amide bonds. The summed E-state index contributed by atoms with van der Waals surface area (Å²) in [6.45, 7) is 1.43. The number of Topliss-reactive ketones (excluding diaryl/α,β-unsaturated/α-hetero) is 1. The number of benzene rings is 1. The Labute approximate surface area is 136 Å². The summed E-state index contributed by atoms with van der Waals surface area (Å²) in [6, 6.07) is 8.04. The Morgan fingerprint density at radius 1 is 1.48 bits per heavy atom. The van der Waals surface area contributed by atoms with Gasteiger partial charge in [0.25, 0.3) is 0 Å². The normalized spacial score (nSPS) is 11.7. The number of hydrogen-bond donors (Lipinski definition) is 1. The fraction of sp³-hybridized carbons (Fsp3) is 0.267. The van der Waals surface area contributed by atoms with Crippen molar-refractivity contribution in [1.82, 2.24) is 14.8 Å². The molecule has 0 bridgehead atoms. The molecule has 0 aliphatic carbocycles. The highest BCUT2D eigenvalue weighted by Gasteiger charge is 2.21. The summed E-state index contributed by atoms with van der Waals surface area (Å²) in [5.41, 5.74) is 0.342. The van der Waals surface area contributed by atoms with Gasteiger partial charge in [-0.05, 0) is 19.1 Å². The summed E-state index contributed by atoms with van der Waals surface area (Å²) in [5, 5.41) is 24.7. The van der Waals surface area contributed by atoms with Crippen molar-refractivity contribution in [2.75, 3.05) is 5.75 Å². The van der Waals surface area contributed by atoms with Crippen molar-refractivity contribution in [2.45, 2.75) is 12.1 Å². The summed E-state index contributed by atoms with van der Waals surface area (Å²) in [4.78, 5) is 11.9. The van der Waals surface area contributed by atoms with Gasteiger partial charge >= 0.3 is 0 Å². The van der Waals surface area contributed by atoms with E-state index in [1.165, 1.54) is 13.0 Å². The Bertz CT molecular complexity index is 795. The lowest BCUT2D eigenvalue weighted by Crippen LogP contribution is -2.21. The quantitative estimate of drug-likeness (QED) is 0.648. The molecule has 2 aromatic rings. The van der Waals surface area contributed by atoms with Gasteiger partial charge in [0, 0.05) is 12.8 Å². The van der Waals surface area contributed by atoms with E-state index in [9.17, 15) is 9.18 Å². The van der Waals surface area contributed by atoms with Crippen LogP contribution in [0.3, 0.4) is 0 Å². The first-order valence-corrected chi connectivity index (χ1v) is 7.68. The number of rotatable bonds is 6. The molecule has 1 aromatic carbocycles. The zero-order valence-electron chi connectivity index (χ0n) is 12.6. The highest BCUT2D eigenvalue weighted by Crippen LogP contribution is 2.25. The molecule has 23 heavy (non-hydrogen) atoms. The number of nitrogens with zero attached hydrogens (tertiary/aromatic N) is 4. The van der Waals surface area contributed by atoms with E-state index in [2.05, 4.69) is 10.2 Å². The van der Waals surface area contributed by atoms with Crippen molar-refractivity contribution in [3.05, 3.63) is 30.1 Å². The number of aromatic nitrogens is 3. The number of carbonyl (C=O) groups is 1. The summed E-state index contributed by atoms with van der Waals surface area (Å²) < 4.78 is 15.4. The molecular formula is C15H14FN5OS. The van der Waals surface area contributed by atoms with Crippen LogP contribution in [0.25, 0.3) is 11.4 Å². The second kappa shape index (κ2) is 7.15. The molecular weight excluding hydrogens is 317 g/mol. The first-order valence-electron chi connectivity index (χ1n) is 6.70. The Kier molecular flexibility index (Phi) is 5.24. The van der Waals surface area contributed by atoms with Gasteiger partial charge in [-0.3, -0.25) is 4.79 Å². The van der Waals surface area contributed by atoms with Crippen LogP contribution in [-0.2, 0) is 11.8 Å². The molecule has 0 saturated heterocycles. The molecule has 0 spiro atoms. The summed E-state index contributed by atoms with van der Waals surface area (Å²) in [6.07, 6.45) is 0. The Morgan fingerprint density at radius 3 is 2.78 bits per heavy atom. The SMILES string of the molecule is CC(=N)C(C#N)C(=O)CSc1nnc(-c2ccccc2F)n1C. The van der Waals surface area contributed by atoms with Crippen molar-refractivity contribution in [2.24, 2.45) is 13.0 Å². The fourth-order valence-electron chi connectivity index (χ4n) is 1.95. The van der Waals surface area contributed by atoms with Gasteiger partial charge in [-0.25, -0.2) is 4.39 Å². The van der Waals surface area contributed by atoms with Crippen LogP contribution in [-0.4, -0.2) is 32.0 Å². The van der Waals surface area contributed by atoms with E-state index in [0.29, 0.717) is 16.5 Å². The maximum absolute atomic E-state index is 13.8. The smallest absolute Gasteiger partial charge is 0.191 e. The van der Waals surface area contributed by atoms with Crippen molar-refractivity contribution in [3.63, 3.8) is 0 Å². The summed E-state index contributed by atoms with van der Waals surface area (Å²) in [5.74, 6) is -1.45. The first-order chi connectivity index (χ1) is 11.0. The minimum atomic E-state index is -1.04. The van der Waals surface area contributed by atoms with Gasteiger partial charge in [-0.1, -0.05) is 23.9 Å². The molecule has 1 N–H and O–H groups in total. The van der Waals surface area contributed by atoms with Crippen molar-refractivity contribution < 1.29 is 9.18 Å². The molecule has 1 unspecified atom stereocenters. The van der Waals surface area contributed by atoms with Gasteiger partial charge in [0.1, 0.15) is 11.7 Å². The minimum Gasteiger partial charge on any atom is -0.308 e. The molecule has 6 nitrogen and oxygen atoms in total. The second-order valence-electron chi connectivity index (χ2n) is 4.85. The average Bonchev–Trinajstić information content (AvgIpc) is 2.87. The molecule has 0 aliphatic heterocycles. The van der Waals surface area contributed by atoms with Gasteiger partial charge in [-0.2, -0.15) is 5.26 Å². The summed E-state index contributed by atoms with van der Waals surface area (Å²) in [7, 11) is 1.68. The fourth-order valence-corrected chi connectivity index (χ4v) is 2.76. The highest BCUT2D eigenvalue weighted by molar-refractivity contribution is 7.99. The molecule has 0 fully saturated rings. The van der Waals surface area contributed by atoms with E-state index >= 15 is 0 Å². The molecule has 1 atom stereocenters. The van der Waals surface area contributed by atoms with Crippen LogP contribution in [0.15, 0.2) is 29.4 Å². The average molecular weight is 331 g/mol. The predicted octanol–water partition coefficient (Wildman–Crippen LogP) is 2.46. The number of carbonyl (C=O) groups excluding carboxylic acids is 1. The van der Waals surface area contributed by atoms with Crippen molar-refractivity contribution in [1.29, 1.82) is 10.7 Å². The lowest BCUT2D eigenvalue weighted by atomic mass is 10.0. The highest BCUT2D eigenvalue weighted by atomic mass is 32.2. The van der Waals surface area contributed by atoms with Crippen LogP contribution in [0.5, 0.6) is 0 Å². The standard InChI is InChI=1S/C15H14FN5OS/c1-9(18)11(7-17)13(22)8-23-15-20-19-14(21(15)2)10-5-3-4-6-12(10)16/h3-6,11,18H,8H2,1-2H3. The Balaban J connectivity index is 2.15. The molecule has 0 aliphatic rings. The molecule has 118 valence electrons. The molecule has 2 rings (SSSR count). The van der Waals surface area contributed by atoms with E-state index in [1.54, 1.807) is 29.8 Å². The third kappa shape index (κ3) is 3.63. The minimum absolute atomic E-state index is 0.00229. The largest absolute Gasteiger partial charge is 0.308 e. The van der Waals surface area contributed by atoms with Crippen LogP contribution in [0.2, 0.25) is 0 Å². The third-order valence-electron chi connectivity index (χ3n) is 3.18. The lowest BCUT2D eigenvalue weighted by Gasteiger charge is -2.06. The number of nitriles is 1. The predicted molar refractivity (Wildman–Crippen MR) is 84.6 cm³/mol.